The number of aromatic amines is 1. The number of aryl methyl sites for hydroxylation is 1. The Labute approximate surface area is 195 Å². The molecule has 0 radical (unpaired) electrons. The Balaban J connectivity index is 1.48. The van der Waals surface area contributed by atoms with Gasteiger partial charge in [0.25, 0.3) is 5.56 Å². The zero-order valence-corrected chi connectivity index (χ0v) is 19.4. The van der Waals surface area contributed by atoms with Crippen LogP contribution in [0.15, 0.2) is 41.5 Å². The van der Waals surface area contributed by atoms with Gasteiger partial charge < -0.3 is 29.2 Å². The van der Waals surface area contributed by atoms with Crippen molar-refractivity contribution in [2.45, 2.75) is 19.5 Å². The van der Waals surface area contributed by atoms with Gasteiger partial charge in [0.05, 0.1) is 40.3 Å². The van der Waals surface area contributed by atoms with Crippen molar-refractivity contribution in [1.82, 2.24) is 19.9 Å². The Bertz CT molecular complexity index is 1410. The van der Waals surface area contributed by atoms with Gasteiger partial charge in [-0.25, -0.2) is 4.98 Å². The standard InChI is InChI=1S/C24H26N4O6/c1-31-15-6-5-14(18(9-15)32-2)12-25-21(29)7-8-28-13-26-22-16-10-19(33-3)20(34-4)11-17(16)27-23(22)24(28)30/h5-6,9-11,13,27H,7-8,12H2,1-4H3,(H,25,29). The van der Waals surface area contributed by atoms with Gasteiger partial charge in [0.1, 0.15) is 22.5 Å². The molecule has 0 atom stereocenters. The molecule has 4 aromatic rings. The van der Waals surface area contributed by atoms with Crippen molar-refractivity contribution in [1.29, 1.82) is 0 Å². The Morgan fingerprint density at radius 1 is 1.00 bits per heavy atom. The Hall–Kier alpha value is -4.21. The van der Waals surface area contributed by atoms with E-state index < -0.39 is 0 Å². The third-order valence-electron chi connectivity index (χ3n) is 5.63. The minimum absolute atomic E-state index is 0.118. The predicted molar refractivity (Wildman–Crippen MR) is 127 cm³/mol. The van der Waals surface area contributed by atoms with Crippen LogP contribution < -0.4 is 29.8 Å². The van der Waals surface area contributed by atoms with Crippen LogP contribution in [0.4, 0.5) is 0 Å². The summed E-state index contributed by atoms with van der Waals surface area (Å²) in [4.78, 5) is 33.0. The Morgan fingerprint density at radius 2 is 1.74 bits per heavy atom. The summed E-state index contributed by atoms with van der Waals surface area (Å²) in [5, 5.41) is 3.61. The van der Waals surface area contributed by atoms with E-state index in [0.717, 1.165) is 10.9 Å². The summed E-state index contributed by atoms with van der Waals surface area (Å²) in [7, 11) is 6.24. The fourth-order valence-electron chi connectivity index (χ4n) is 3.78. The Morgan fingerprint density at radius 3 is 2.44 bits per heavy atom. The molecule has 0 aliphatic carbocycles. The number of ether oxygens (including phenoxy) is 4. The van der Waals surface area contributed by atoms with Crippen LogP contribution in [0.2, 0.25) is 0 Å². The molecule has 2 aromatic carbocycles. The highest BCUT2D eigenvalue weighted by Gasteiger charge is 2.15. The van der Waals surface area contributed by atoms with Gasteiger partial charge in [-0.15, -0.1) is 0 Å². The van der Waals surface area contributed by atoms with Crippen molar-refractivity contribution in [3.05, 3.63) is 52.6 Å². The second kappa shape index (κ2) is 9.74. The van der Waals surface area contributed by atoms with E-state index in [4.69, 9.17) is 18.9 Å². The minimum atomic E-state index is -0.260. The maximum atomic E-state index is 13.0. The van der Waals surface area contributed by atoms with Crippen LogP contribution in [0.5, 0.6) is 23.0 Å². The number of H-pyrrole nitrogens is 1. The second-order valence-corrected chi connectivity index (χ2v) is 7.55. The molecule has 0 aliphatic rings. The van der Waals surface area contributed by atoms with Gasteiger partial charge in [-0.05, 0) is 18.2 Å². The molecule has 1 amide bonds. The van der Waals surface area contributed by atoms with Crippen LogP contribution in [0.3, 0.4) is 0 Å². The molecule has 2 N–H and O–H groups in total. The summed E-state index contributed by atoms with van der Waals surface area (Å²) in [6, 6.07) is 8.94. The number of fused-ring (bicyclic) bond motifs is 3. The maximum absolute atomic E-state index is 13.0. The molecule has 0 saturated heterocycles. The van der Waals surface area contributed by atoms with Crippen LogP contribution in [0.1, 0.15) is 12.0 Å². The number of amides is 1. The van der Waals surface area contributed by atoms with Crippen LogP contribution in [-0.2, 0) is 17.9 Å². The summed E-state index contributed by atoms with van der Waals surface area (Å²) in [5.74, 6) is 2.19. The molecule has 0 spiro atoms. The van der Waals surface area contributed by atoms with Gasteiger partial charge in [0.15, 0.2) is 11.5 Å². The van der Waals surface area contributed by atoms with Crippen molar-refractivity contribution >= 4 is 27.8 Å². The van der Waals surface area contributed by atoms with Gasteiger partial charge in [0, 0.05) is 42.6 Å². The lowest BCUT2D eigenvalue weighted by Crippen LogP contribution is -2.27. The van der Waals surface area contributed by atoms with Crippen LogP contribution >= 0.6 is 0 Å². The van der Waals surface area contributed by atoms with E-state index in [9.17, 15) is 9.59 Å². The average Bonchev–Trinajstić information content (AvgIpc) is 3.24. The molecule has 0 unspecified atom stereocenters. The fraction of sp³-hybridized carbons (Fsp3) is 0.292. The quantitative estimate of drug-likeness (QED) is 0.389. The SMILES string of the molecule is COc1ccc(CNC(=O)CCn2cnc3c([nH]c4cc(OC)c(OC)cc43)c2=O)c(OC)c1. The molecule has 34 heavy (non-hydrogen) atoms. The number of methoxy groups -OCH3 is 4. The normalized spacial score (nSPS) is 10.9. The number of hydrogen-bond acceptors (Lipinski definition) is 7. The Kier molecular flexibility index (Phi) is 6.58. The van der Waals surface area contributed by atoms with Crippen molar-refractivity contribution in [3.8, 4) is 23.0 Å². The number of carbonyl (C=O) groups excluding carboxylic acids is 1. The van der Waals surface area contributed by atoms with Gasteiger partial charge in [-0.2, -0.15) is 0 Å². The van der Waals surface area contributed by atoms with Gasteiger partial charge >= 0.3 is 0 Å². The van der Waals surface area contributed by atoms with Gasteiger partial charge in [0.2, 0.25) is 5.91 Å². The maximum Gasteiger partial charge on any atom is 0.277 e. The third kappa shape index (κ3) is 4.34. The zero-order chi connectivity index (χ0) is 24.2. The zero-order valence-electron chi connectivity index (χ0n) is 19.4. The molecule has 178 valence electrons. The molecular formula is C24H26N4O6. The van der Waals surface area contributed by atoms with Crippen molar-refractivity contribution in [2.75, 3.05) is 28.4 Å². The highest BCUT2D eigenvalue weighted by atomic mass is 16.5. The number of hydrogen-bond donors (Lipinski definition) is 2. The van der Waals surface area contributed by atoms with Crippen LogP contribution in [0.25, 0.3) is 21.9 Å². The smallest absolute Gasteiger partial charge is 0.277 e. The lowest BCUT2D eigenvalue weighted by molar-refractivity contribution is -0.121. The summed E-state index contributed by atoms with van der Waals surface area (Å²) in [6.45, 7) is 0.485. The number of aromatic nitrogens is 3. The second-order valence-electron chi connectivity index (χ2n) is 7.55. The van der Waals surface area contributed by atoms with E-state index in [0.29, 0.717) is 46.1 Å². The predicted octanol–water partition coefficient (Wildman–Crippen LogP) is 2.62. The van der Waals surface area contributed by atoms with Crippen LogP contribution in [-0.4, -0.2) is 48.9 Å². The molecule has 2 aromatic heterocycles. The molecule has 10 heteroatoms. The minimum Gasteiger partial charge on any atom is -0.497 e. The molecule has 10 nitrogen and oxygen atoms in total. The van der Waals surface area contributed by atoms with Crippen molar-refractivity contribution < 1.29 is 23.7 Å². The first-order valence-electron chi connectivity index (χ1n) is 10.6. The van der Waals surface area contributed by atoms with E-state index in [1.165, 1.54) is 10.9 Å². The number of carbonyl (C=O) groups is 1. The summed E-state index contributed by atoms with van der Waals surface area (Å²) in [5.41, 5.74) is 2.16. The summed E-state index contributed by atoms with van der Waals surface area (Å²) < 4.78 is 22.6. The molecule has 0 aliphatic heterocycles. The first kappa shape index (κ1) is 23.0. The van der Waals surface area contributed by atoms with E-state index in [1.807, 2.05) is 6.07 Å². The molecule has 2 heterocycles. The number of nitrogens with zero attached hydrogens (tertiary/aromatic N) is 2. The first-order chi connectivity index (χ1) is 16.5. The van der Waals surface area contributed by atoms with E-state index >= 15 is 0 Å². The number of nitrogens with one attached hydrogen (secondary N) is 2. The average molecular weight is 466 g/mol. The molecular weight excluding hydrogens is 440 g/mol. The number of benzene rings is 2. The number of rotatable bonds is 9. The molecule has 4 rings (SSSR count). The largest absolute Gasteiger partial charge is 0.497 e. The monoisotopic (exact) mass is 466 g/mol. The molecule has 0 saturated carbocycles. The van der Waals surface area contributed by atoms with Gasteiger partial charge in [-0.1, -0.05) is 0 Å². The lowest BCUT2D eigenvalue weighted by atomic mass is 10.2. The van der Waals surface area contributed by atoms with E-state index in [1.54, 1.807) is 52.7 Å². The molecule has 0 bridgehead atoms. The van der Waals surface area contributed by atoms with E-state index in [-0.39, 0.29) is 24.4 Å². The van der Waals surface area contributed by atoms with Crippen molar-refractivity contribution in [3.63, 3.8) is 0 Å². The topological polar surface area (TPSA) is 117 Å². The third-order valence-corrected chi connectivity index (χ3v) is 5.63. The lowest BCUT2D eigenvalue weighted by Gasteiger charge is -2.11. The highest BCUT2D eigenvalue weighted by molar-refractivity contribution is 6.05. The first-order valence-corrected chi connectivity index (χ1v) is 10.6. The van der Waals surface area contributed by atoms with E-state index in [2.05, 4.69) is 15.3 Å². The fourth-order valence-corrected chi connectivity index (χ4v) is 3.78. The summed E-state index contributed by atoms with van der Waals surface area (Å²) >= 11 is 0. The van der Waals surface area contributed by atoms with Crippen molar-refractivity contribution in [2.24, 2.45) is 0 Å². The van der Waals surface area contributed by atoms with Gasteiger partial charge in [-0.3, -0.25) is 14.2 Å². The summed E-state index contributed by atoms with van der Waals surface area (Å²) in [6.07, 6.45) is 1.57. The molecule has 0 fully saturated rings. The highest BCUT2D eigenvalue weighted by Crippen LogP contribution is 2.34. The van der Waals surface area contributed by atoms with Crippen LogP contribution in [0, 0.1) is 0 Å².